The molecule has 0 bridgehead atoms. The van der Waals surface area contributed by atoms with Crippen LogP contribution in [-0.4, -0.2) is 10.4 Å². The molecule has 0 fully saturated rings. The summed E-state index contributed by atoms with van der Waals surface area (Å²) < 4.78 is -0.314. The topological polar surface area (TPSA) is 19.9 Å². The first-order valence-corrected chi connectivity index (χ1v) is 4.12. The van der Waals surface area contributed by atoms with Gasteiger partial charge in [0.05, 0.1) is 0 Å². The van der Waals surface area contributed by atoms with Crippen molar-refractivity contribution in [3.8, 4) is 0 Å². The first-order valence-electron chi connectivity index (χ1n) is 3.33. The fourth-order valence-corrected chi connectivity index (χ4v) is 0.721. The minimum absolute atomic E-state index is 0.314. The van der Waals surface area contributed by atoms with Gasteiger partial charge in [-0.25, -0.2) is 5.11 Å². The molecule has 0 aromatic rings. The highest BCUT2D eigenvalue weighted by atomic mass is 79.9. The fourth-order valence-electron chi connectivity index (χ4n) is 0.559. The second kappa shape index (κ2) is 3.54. The van der Waals surface area contributed by atoms with Gasteiger partial charge < -0.3 is 0 Å². The van der Waals surface area contributed by atoms with Crippen molar-refractivity contribution in [1.29, 1.82) is 0 Å². The number of rotatable bonds is 3. The Labute approximate surface area is 71.3 Å². The third-order valence-corrected chi connectivity index (χ3v) is 1.81. The molecular formula is C8H14BrO. The van der Waals surface area contributed by atoms with Crippen molar-refractivity contribution in [2.24, 2.45) is 0 Å². The largest absolute Gasteiger partial charge is 0.231 e. The van der Waals surface area contributed by atoms with E-state index >= 15 is 0 Å². The zero-order valence-corrected chi connectivity index (χ0v) is 8.36. The van der Waals surface area contributed by atoms with E-state index < -0.39 is 6.10 Å². The lowest BCUT2D eigenvalue weighted by Gasteiger charge is -2.21. The van der Waals surface area contributed by atoms with Gasteiger partial charge in [-0.2, -0.15) is 0 Å². The number of hydrogen-bond acceptors (Lipinski definition) is 0. The van der Waals surface area contributed by atoms with Gasteiger partial charge in [0.1, 0.15) is 6.10 Å². The lowest BCUT2D eigenvalue weighted by Crippen LogP contribution is -2.28. The smallest absolute Gasteiger partial charge is 0.111 e. The highest BCUT2D eigenvalue weighted by Gasteiger charge is 2.25. The summed E-state index contributed by atoms with van der Waals surface area (Å²) in [6.07, 6.45) is -0.0388. The van der Waals surface area contributed by atoms with Crippen molar-refractivity contribution in [3.05, 3.63) is 12.2 Å². The SMILES string of the molecule is C=C(C)CC([O])C(C)(C)Br. The zero-order chi connectivity index (χ0) is 8.36. The first kappa shape index (κ1) is 10.2. The molecule has 1 unspecified atom stereocenters. The maximum Gasteiger partial charge on any atom is 0.111 e. The minimum Gasteiger partial charge on any atom is -0.231 e. The molecule has 1 radical (unpaired) electrons. The van der Waals surface area contributed by atoms with E-state index in [2.05, 4.69) is 22.5 Å². The van der Waals surface area contributed by atoms with Crippen molar-refractivity contribution in [2.75, 3.05) is 0 Å². The lowest BCUT2D eigenvalue weighted by molar-refractivity contribution is 0.0661. The van der Waals surface area contributed by atoms with Gasteiger partial charge in [0.25, 0.3) is 0 Å². The van der Waals surface area contributed by atoms with Crippen LogP contribution in [0.4, 0.5) is 0 Å². The van der Waals surface area contributed by atoms with E-state index in [1.807, 2.05) is 20.8 Å². The molecule has 1 nitrogen and oxygen atoms in total. The Morgan fingerprint density at radius 2 is 2.10 bits per heavy atom. The van der Waals surface area contributed by atoms with Gasteiger partial charge in [-0.1, -0.05) is 21.5 Å². The van der Waals surface area contributed by atoms with E-state index in [-0.39, 0.29) is 4.32 Å². The summed E-state index contributed by atoms with van der Waals surface area (Å²) in [4.78, 5) is 0. The van der Waals surface area contributed by atoms with Crippen LogP contribution in [0.15, 0.2) is 12.2 Å². The van der Waals surface area contributed by atoms with Gasteiger partial charge in [0, 0.05) is 4.32 Å². The van der Waals surface area contributed by atoms with Crippen molar-refractivity contribution < 1.29 is 5.11 Å². The second-order valence-corrected chi connectivity index (χ2v) is 5.26. The molecule has 0 aliphatic rings. The van der Waals surface area contributed by atoms with Crippen LogP contribution in [0.5, 0.6) is 0 Å². The van der Waals surface area contributed by atoms with Crippen LogP contribution in [0.25, 0.3) is 0 Å². The average Bonchev–Trinajstić information content (AvgIpc) is 1.60. The minimum atomic E-state index is -0.593. The molecule has 0 heterocycles. The number of halogens is 1. The van der Waals surface area contributed by atoms with Crippen molar-refractivity contribution >= 4 is 15.9 Å². The van der Waals surface area contributed by atoms with E-state index in [4.69, 9.17) is 0 Å². The van der Waals surface area contributed by atoms with Crippen LogP contribution in [0.2, 0.25) is 0 Å². The van der Waals surface area contributed by atoms with Gasteiger partial charge >= 0.3 is 0 Å². The Hall–Kier alpha value is 0.180. The maximum absolute atomic E-state index is 11.3. The summed E-state index contributed by atoms with van der Waals surface area (Å²) in [5.41, 5.74) is 0.951. The van der Waals surface area contributed by atoms with E-state index in [9.17, 15) is 5.11 Å². The van der Waals surface area contributed by atoms with Gasteiger partial charge in [-0.05, 0) is 27.2 Å². The van der Waals surface area contributed by atoms with Crippen LogP contribution in [-0.2, 0) is 5.11 Å². The van der Waals surface area contributed by atoms with Gasteiger partial charge in [0.15, 0.2) is 0 Å². The van der Waals surface area contributed by atoms with E-state index in [1.165, 1.54) is 0 Å². The molecule has 10 heavy (non-hydrogen) atoms. The molecule has 0 rings (SSSR count). The highest BCUT2D eigenvalue weighted by molar-refractivity contribution is 9.10. The third kappa shape index (κ3) is 4.07. The Morgan fingerprint density at radius 3 is 2.20 bits per heavy atom. The van der Waals surface area contributed by atoms with Crippen LogP contribution in [0.3, 0.4) is 0 Å². The third-order valence-electron chi connectivity index (χ3n) is 1.30. The van der Waals surface area contributed by atoms with E-state index in [1.54, 1.807) is 0 Å². The maximum atomic E-state index is 11.3. The fraction of sp³-hybridized carbons (Fsp3) is 0.750. The molecule has 0 saturated heterocycles. The van der Waals surface area contributed by atoms with E-state index in [0.717, 1.165) is 5.57 Å². The number of hydrogen-bond donors (Lipinski definition) is 0. The van der Waals surface area contributed by atoms with Crippen molar-refractivity contribution in [1.82, 2.24) is 0 Å². The Balaban J connectivity index is 3.85. The van der Waals surface area contributed by atoms with Crippen molar-refractivity contribution in [2.45, 2.75) is 37.6 Å². The Morgan fingerprint density at radius 1 is 1.70 bits per heavy atom. The molecule has 1 atom stereocenters. The summed E-state index contributed by atoms with van der Waals surface area (Å²) in [5.74, 6) is 0. The van der Waals surface area contributed by atoms with Gasteiger partial charge in [0.2, 0.25) is 0 Å². The summed E-state index contributed by atoms with van der Waals surface area (Å²) in [7, 11) is 0. The molecule has 0 saturated carbocycles. The quantitative estimate of drug-likeness (QED) is 0.499. The standard InChI is InChI=1S/C8H14BrO/c1-6(2)5-7(10)8(3,4)9/h7H,1,5H2,2-4H3. The molecule has 0 N–H and O–H groups in total. The first-order chi connectivity index (χ1) is 4.34. The molecule has 59 valence electrons. The van der Waals surface area contributed by atoms with Crippen LogP contribution in [0.1, 0.15) is 27.2 Å². The molecule has 0 amide bonds. The monoisotopic (exact) mass is 205 g/mol. The Bertz CT molecular complexity index is 124. The van der Waals surface area contributed by atoms with E-state index in [0.29, 0.717) is 6.42 Å². The summed E-state index contributed by atoms with van der Waals surface area (Å²) >= 11 is 3.32. The highest BCUT2D eigenvalue weighted by Crippen LogP contribution is 2.25. The predicted molar refractivity (Wildman–Crippen MR) is 46.9 cm³/mol. The van der Waals surface area contributed by atoms with Gasteiger partial charge in [-0.3, -0.25) is 0 Å². The normalized spacial score (nSPS) is 14.9. The summed E-state index contributed by atoms with van der Waals surface area (Å²) in [6, 6.07) is 0. The van der Waals surface area contributed by atoms with Crippen LogP contribution < -0.4 is 0 Å². The molecule has 0 spiro atoms. The van der Waals surface area contributed by atoms with Gasteiger partial charge in [-0.15, -0.1) is 6.58 Å². The number of alkyl halides is 1. The average molecular weight is 206 g/mol. The summed E-state index contributed by atoms with van der Waals surface area (Å²) in [5, 5.41) is 11.3. The van der Waals surface area contributed by atoms with Crippen LogP contribution >= 0.6 is 15.9 Å². The van der Waals surface area contributed by atoms with Crippen molar-refractivity contribution in [3.63, 3.8) is 0 Å². The Kier molecular flexibility index (Phi) is 3.60. The molecule has 0 aliphatic carbocycles. The molecule has 0 aliphatic heterocycles. The predicted octanol–water partition coefficient (Wildman–Crippen LogP) is 2.93. The summed E-state index contributed by atoms with van der Waals surface area (Å²) in [6.45, 7) is 9.33. The molecular weight excluding hydrogens is 192 g/mol. The molecule has 2 heteroatoms. The second-order valence-electron chi connectivity index (χ2n) is 3.21. The zero-order valence-electron chi connectivity index (χ0n) is 6.78. The van der Waals surface area contributed by atoms with Crippen LogP contribution in [0, 0.1) is 0 Å². The molecule has 0 aromatic carbocycles. The molecule has 0 aromatic heterocycles. The lowest BCUT2D eigenvalue weighted by atomic mass is 10.0.